The van der Waals surface area contributed by atoms with E-state index < -0.39 is 0 Å². The van der Waals surface area contributed by atoms with E-state index in [1.54, 1.807) is 0 Å². The van der Waals surface area contributed by atoms with Crippen molar-refractivity contribution in [2.75, 3.05) is 0 Å². The molecule has 0 fully saturated rings. The summed E-state index contributed by atoms with van der Waals surface area (Å²) in [6.45, 7) is 6.74. The third-order valence-corrected chi connectivity index (χ3v) is 3.94. The van der Waals surface area contributed by atoms with Gasteiger partial charge < -0.3 is 0 Å². The molecule has 0 saturated carbocycles. The van der Waals surface area contributed by atoms with Crippen molar-refractivity contribution in [3.05, 3.63) is 35.4 Å². The predicted molar refractivity (Wildman–Crippen MR) is 66.9 cm³/mol. The second-order valence-electron chi connectivity index (χ2n) is 3.70. The summed E-state index contributed by atoms with van der Waals surface area (Å²) in [6.07, 6.45) is 2.40. The quantitative estimate of drug-likeness (QED) is 0.696. The van der Waals surface area contributed by atoms with Gasteiger partial charge in [-0.15, -0.1) is 0 Å². The molecule has 0 saturated heterocycles. The summed E-state index contributed by atoms with van der Waals surface area (Å²) in [6, 6.07) is 9.00. The fourth-order valence-electron chi connectivity index (χ4n) is 1.23. The Morgan fingerprint density at radius 3 is 2.14 bits per heavy atom. The van der Waals surface area contributed by atoms with Gasteiger partial charge >= 0.3 is 0 Å². The van der Waals surface area contributed by atoms with Crippen LogP contribution in [0.4, 0.5) is 0 Å². The van der Waals surface area contributed by atoms with Crippen molar-refractivity contribution < 1.29 is 0 Å². The van der Waals surface area contributed by atoms with Crippen LogP contribution in [0.2, 0.25) is 0 Å². The van der Waals surface area contributed by atoms with Crippen LogP contribution < -0.4 is 0 Å². The predicted octanol–water partition coefficient (Wildman–Crippen LogP) is 4.28. The van der Waals surface area contributed by atoms with Crippen molar-refractivity contribution in [3.8, 4) is 0 Å². The van der Waals surface area contributed by atoms with E-state index in [0.29, 0.717) is 0 Å². The fourth-order valence-corrected chi connectivity index (χ4v) is 2.13. The van der Waals surface area contributed by atoms with Crippen molar-refractivity contribution in [1.29, 1.82) is 0 Å². The van der Waals surface area contributed by atoms with E-state index in [2.05, 4.69) is 45.0 Å². The highest BCUT2D eigenvalue weighted by molar-refractivity contribution is 7.99. The summed E-state index contributed by atoms with van der Waals surface area (Å²) in [5, 5.41) is 0.779. The van der Waals surface area contributed by atoms with Gasteiger partial charge in [0, 0.05) is 11.0 Å². The van der Waals surface area contributed by atoms with E-state index >= 15 is 0 Å². The Labute approximate surface area is 92.1 Å². The molecule has 0 heterocycles. The molecule has 0 aliphatic heterocycles. The molecular formula is C13H20S. The lowest BCUT2D eigenvalue weighted by atomic mass is 10.1. The third-order valence-electron chi connectivity index (χ3n) is 2.54. The van der Waals surface area contributed by atoms with Gasteiger partial charge in [-0.25, -0.2) is 0 Å². The minimum absolute atomic E-state index is 0.779. The molecule has 1 aromatic carbocycles. The van der Waals surface area contributed by atoms with E-state index in [1.165, 1.54) is 17.5 Å². The first kappa shape index (κ1) is 11.6. The van der Waals surface area contributed by atoms with Gasteiger partial charge in [0.15, 0.2) is 0 Å². The largest absolute Gasteiger partial charge is 0.154 e. The van der Waals surface area contributed by atoms with Gasteiger partial charge in [0.1, 0.15) is 0 Å². The van der Waals surface area contributed by atoms with E-state index in [9.17, 15) is 0 Å². The van der Waals surface area contributed by atoms with E-state index in [1.807, 2.05) is 11.8 Å². The third kappa shape index (κ3) is 3.75. The number of benzene rings is 1. The molecule has 1 heteroatoms. The van der Waals surface area contributed by atoms with Gasteiger partial charge in [-0.1, -0.05) is 45.0 Å². The van der Waals surface area contributed by atoms with Crippen molar-refractivity contribution >= 4 is 11.8 Å². The van der Waals surface area contributed by atoms with Gasteiger partial charge in [-0.2, -0.15) is 11.8 Å². The lowest BCUT2D eigenvalue weighted by Crippen LogP contribution is -1.93. The van der Waals surface area contributed by atoms with Crippen LogP contribution in [0.3, 0.4) is 0 Å². The Bertz CT molecular complexity index is 250. The molecule has 1 aromatic rings. The lowest BCUT2D eigenvalue weighted by molar-refractivity contribution is 0.905. The summed E-state index contributed by atoms with van der Waals surface area (Å²) in [4.78, 5) is 0. The molecule has 0 radical (unpaired) electrons. The molecule has 1 unspecified atom stereocenters. The standard InChI is InChI=1S/C13H20S/c1-4-11(3)14-10-13-8-6-12(5-2)7-9-13/h6-9,11H,4-5,10H2,1-3H3. The van der Waals surface area contributed by atoms with Gasteiger partial charge in [0.2, 0.25) is 0 Å². The van der Waals surface area contributed by atoms with E-state index in [0.717, 1.165) is 17.4 Å². The molecule has 0 aliphatic carbocycles. The fraction of sp³-hybridized carbons (Fsp3) is 0.538. The second-order valence-corrected chi connectivity index (χ2v) is 5.13. The second kappa shape index (κ2) is 6.13. The lowest BCUT2D eigenvalue weighted by Gasteiger charge is -2.08. The highest BCUT2D eigenvalue weighted by atomic mass is 32.2. The van der Waals surface area contributed by atoms with Crippen LogP contribution in [0.1, 0.15) is 38.3 Å². The first-order chi connectivity index (χ1) is 6.76. The summed E-state index contributed by atoms with van der Waals surface area (Å²) < 4.78 is 0. The smallest absolute Gasteiger partial charge is 0.0187 e. The monoisotopic (exact) mass is 208 g/mol. The molecule has 0 amide bonds. The van der Waals surface area contributed by atoms with Gasteiger partial charge in [0.05, 0.1) is 0 Å². The van der Waals surface area contributed by atoms with E-state index in [-0.39, 0.29) is 0 Å². The zero-order valence-electron chi connectivity index (χ0n) is 9.42. The van der Waals surface area contributed by atoms with Crippen LogP contribution in [0.15, 0.2) is 24.3 Å². The molecule has 1 atom stereocenters. The molecule has 0 aromatic heterocycles. The number of aryl methyl sites for hydroxylation is 1. The Kier molecular flexibility index (Phi) is 5.10. The zero-order chi connectivity index (χ0) is 10.4. The Morgan fingerprint density at radius 2 is 1.64 bits per heavy atom. The van der Waals surface area contributed by atoms with Crippen molar-refractivity contribution in [2.45, 2.75) is 44.6 Å². The van der Waals surface area contributed by atoms with Gasteiger partial charge in [-0.3, -0.25) is 0 Å². The number of rotatable bonds is 5. The average Bonchev–Trinajstić information content (AvgIpc) is 2.26. The molecule has 0 bridgehead atoms. The van der Waals surface area contributed by atoms with Crippen LogP contribution in [0, 0.1) is 0 Å². The molecule has 1 rings (SSSR count). The minimum Gasteiger partial charge on any atom is -0.154 e. The van der Waals surface area contributed by atoms with Crippen molar-refractivity contribution in [2.24, 2.45) is 0 Å². The first-order valence-electron chi connectivity index (χ1n) is 5.45. The Balaban J connectivity index is 2.43. The summed E-state index contributed by atoms with van der Waals surface area (Å²) in [5.41, 5.74) is 2.88. The molecule has 0 nitrogen and oxygen atoms in total. The molecular weight excluding hydrogens is 188 g/mol. The SMILES string of the molecule is CCc1ccc(CSC(C)CC)cc1. The molecule has 0 N–H and O–H groups in total. The maximum Gasteiger partial charge on any atom is 0.0187 e. The number of hydrogen-bond donors (Lipinski definition) is 0. The summed E-state index contributed by atoms with van der Waals surface area (Å²) in [5.74, 6) is 1.15. The number of thioether (sulfide) groups is 1. The first-order valence-corrected chi connectivity index (χ1v) is 6.50. The van der Waals surface area contributed by atoms with Gasteiger partial charge in [-0.05, 0) is 24.0 Å². The van der Waals surface area contributed by atoms with Crippen LogP contribution in [-0.2, 0) is 12.2 Å². The average molecular weight is 208 g/mol. The highest BCUT2D eigenvalue weighted by Gasteiger charge is 1.99. The Hall–Kier alpha value is -0.430. The topological polar surface area (TPSA) is 0 Å². The molecule has 14 heavy (non-hydrogen) atoms. The maximum atomic E-state index is 2.30. The van der Waals surface area contributed by atoms with Crippen LogP contribution in [-0.4, -0.2) is 5.25 Å². The molecule has 0 spiro atoms. The van der Waals surface area contributed by atoms with Gasteiger partial charge in [0.25, 0.3) is 0 Å². The van der Waals surface area contributed by atoms with Crippen molar-refractivity contribution in [3.63, 3.8) is 0 Å². The van der Waals surface area contributed by atoms with Crippen LogP contribution in [0.25, 0.3) is 0 Å². The Morgan fingerprint density at radius 1 is 1.07 bits per heavy atom. The maximum absolute atomic E-state index is 2.30. The van der Waals surface area contributed by atoms with Crippen LogP contribution >= 0.6 is 11.8 Å². The summed E-state index contributed by atoms with van der Waals surface area (Å²) >= 11 is 2.04. The minimum atomic E-state index is 0.779. The summed E-state index contributed by atoms with van der Waals surface area (Å²) in [7, 11) is 0. The highest BCUT2D eigenvalue weighted by Crippen LogP contribution is 2.19. The van der Waals surface area contributed by atoms with E-state index in [4.69, 9.17) is 0 Å². The normalized spacial score (nSPS) is 12.8. The molecule has 0 aliphatic rings. The number of hydrogen-bond acceptors (Lipinski definition) is 1. The van der Waals surface area contributed by atoms with Crippen LogP contribution in [0.5, 0.6) is 0 Å². The zero-order valence-corrected chi connectivity index (χ0v) is 10.2. The molecule has 78 valence electrons. The van der Waals surface area contributed by atoms with Crippen molar-refractivity contribution in [1.82, 2.24) is 0 Å².